The summed E-state index contributed by atoms with van der Waals surface area (Å²) in [6.45, 7) is -0.0989. The Morgan fingerprint density at radius 3 is 2.24 bits per heavy atom. The topological polar surface area (TPSA) is 138 Å². The molecule has 1 aromatic heterocycles. The lowest BCUT2D eigenvalue weighted by molar-refractivity contribution is -0.139. The molecule has 2 aromatic carbocycles. The number of nitrogens with zero attached hydrogens (tertiary/aromatic N) is 1. The number of aliphatic hydroxyl groups excluding tert-OH is 1. The number of amides is 2. The number of carbonyl (C=O) groups is 3. The number of aliphatic hydroxyl groups is 1. The molecule has 1 aliphatic rings. The third-order valence-corrected chi connectivity index (χ3v) is 5.46. The number of carboxylic acid groups (broad SMARTS) is 1. The smallest absolute Gasteiger partial charge is 0.412 e. The molecule has 174 valence electrons. The number of benzene rings is 2. The van der Waals surface area contributed by atoms with Gasteiger partial charge in [-0.15, -0.1) is 0 Å². The van der Waals surface area contributed by atoms with Crippen LogP contribution >= 0.6 is 0 Å². The zero-order valence-electron chi connectivity index (χ0n) is 18.1. The standard InChI is InChI=1S/C25H23N3O6/c29-15(12-23(30)31)13-26-24(32)21-10-5-11-22(27-21)28-25(33)34-14-20-18-8-3-1-6-16(18)17-7-2-4-9-19(17)20/h1-11,15,20,29H,12-14H2,(H,26,32)(H,30,31)(H,27,28,33). The third-order valence-electron chi connectivity index (χ3n) is 5.46. The number of aromatic nitrogens is 1. The van der Waals surface area contributed by atoms with Crippen LogP contribution < -0.4 is 10.6 Å². The van der Waals surface area contributed by atoms with Gasteiger partial charge in [0.2, 0.25) is 0 Å². The molecule has 0 saturated carbocycles. The van der Waals surface area contributed by atoms with Crippen molar-refractivity contribution in [2.75, 3.05) is 18.5 Å². The highest BCUT2D eigenvalue weighted by Crippen LogP contribution is 2.44. The number of anilines is 1. The van der Waals surface area contributed by atoms with Crippen LogP contribution in [0.5, 0.6) is 0 Å². The maximum atomic E-state index is 12.4. The molecule has 0 spiro atoms. The molecule has 9 heteroatoms. The van der Waals surface area contributed by atoms with Gasteiger partial charge in [0.1, 0.15) is 18.1 Å². The van der Waals surface area contributed by atoms with Crippen molar-refractivity contribution >= 4 is 23.8 Å². The third kappa shape index (κ3) is 5.21. The first-order chi connectivity index (χ1) is 16.4. The van der Waals surface area contributed by atoms with E-state index in [0.717, 1.165) is 22.3 Å². The number of hydrogen-bond acceptors (Lipinski definition) is 6. The second-order valence-corrected chi connectivity index (χ2v) is 7.82. The molecular weight excluding hydrogens is 438 g/mol. The average molecular weight is 461 g/mol. The molecule has 0 bridgehead atoms. The molecule has 34 heavy (non-hydrogen) atoms. The van der Waals surface area contributed by atoms with Gasteiger partial charge in [0.15, 0.2) is 0 Å². The van der Waals surface area contributed by atoms with Crippen LogP contribution in [0.15, 0.2) is 66.7 Å². The van der Waals surface area contributed by atoms with Crippen LogP contribution in [-0.4, -0.2) is 52.4 Å². The molecule has 3 aromatic rings. The first-order valence-electron chi connectivity index (χ1n) is 10.7. The molecule has 0 aliphatic heterocycles. The van der Waals surface area contributed by atoms with E-state index in [0.29, 0.717) is 0 Å². The zero-order valence-corrected chi connectivity index (χ0v) is 18.1. The summed E-state index contributed by atoms with van der Waals surface area (Å²) in [5, 5.41) is 23.2. The summed E-state index contributed by atoms with van der Waals surface area (Å²) in [6, 6.07) is 20.5. The van der Waals surface area contributed by atoms with Gasteiger partial charge in [-0.05, 0) is 34.4 Å². The Bertz CT molecular complexity index is 1180. The zero-order chi connectivity index (χ0) is 24.1. The van der Waals surface area contributed by atoms with Crippen LogP contribution in [0.2, 0.25) is 0 Å². The van der Waals surface area contributed by atoms with E-state index in [4.69, 9.17) is 9.84 Å². The predicted molar refractivity (Wildman–Crippen MR) is 124 cm³/mol. The highest BCUT2D eigenvalue weighted by atomic mass is 16.5. The van der Waals surface area contributed by atoms with Gasteiger partial charge < -0.3 is 20.3 Å². The summed E-state index contributed by atoms with van der Waals surface area (Å²) in [6.07, 6.45) is -2.41. The summed E-state index contributed by atoms with van der Waals surface area (Å²) in [5.74, 6) is -1.74. The molecule has 1 unspecified atom stereocenters. The summed E-state index contributed by atoms with van der Waals surface area (Å²) < 4.78 is 5.48. The Balaban J connectivity index is 1.35. The SMILES string of the molecule is O=C(O)CC(O)CNC(=O)c1cccc(NC(=O)OCC2c3ccccc3-c3ccccc32)n1. The maximum Gasteiger partial charge on any atom is 0.412 e. The number of ether oxygens (including phenoxy) is 1. The minimum absolute atomic E-state index is 0.000951. The van der Waals surface area contributed by atoms with Crippen LogP contribution in [0.25, 0.3) is 11.1 Å². The van der Waals surface area contributed by atoms with Crippen LogP contribution in [0.3, 0.4) is 0 Å². The van der Waals surface area contributed by atoms with Crippen molar-refractivity contribution in [3.8, 4) is 11.1 Å². The fourth-order valence-corrected chi connectivity index (χ4v) is 3.94. The number of carbonyl (C=O) groups excluding carboxylic acids is 2. The minimum Gasteiger partial charge on any atom is -0.481 e. The fraction of sp³-hybridized carbons (Fsp3) is 0.200. The van der Waals surface area contributed by atoms with Gasteiger partial charge in [-0.2, -0.15) is 0 Å². The predicted octanol–water partition coefficient (Wildman–Crippen LogP) is 3.01. The number of nitrogens with one attached hydrogen (secondary N) is 2. The van der Waals surface area contributed by atoms with E-state index < -0.39 is 30.5 Å². The monoisotopic (exact) mass is 461 g/mol. The van der Waals surface area contributed by atoms with Crippen LogP contribution in [-0.2, 0) is 9.53 Å². The van der Waals surface area contributed by atoms with E-state index in [1.54, 1.807) is 0 Å². The van der Waals surface area contributed by atoms with Crippen LogP contribution in [0.1, 0.15) is 34.0 Å². The Labute approximate surface area is 195 Å². The lowest BCUT2D eigenvalue weighted by Gasteiger charge is -2.14. The van der Waals surface area contributed by atoms with E-state index in [1.807, 2.05) is 36.4 Å². The fourth-order valence-electron chi connectivity index (χ4n) is 3.94. The molecular formula is C25H23N3O6. The molecule has 4 rings (SSSR count). The summed E-state index contributed by atoms with van der Waals surface area (Å²) in [5.41, 5.74) is 4.44. The number of hydrogen-bond donors (Lipinski definition) is 4. The van der Waals surface area contributed by atoms with Gasteiger partial charge in [0.25, 0.3) is 5.91 Å². The molecule has 1 aliphatic carbocycles. The van der Waals surface area contributed by atoms with Gasteiger partial charge in [-0.1, -0.05) is 54.6 Å². The molecule has 2 amide bonds. The van der Waals surface area contributed by atoms with Crippen LogP contribution in [0, 0.1) is 0 Å². The number of aliphatic carboxylic acids is 1. The van der Waals surface area contributed by atoms with Gasteiger partial charge in [0, 0.05) is 12.5 Å². The van der Waals surface area contributed by atoms with E-state index in [1.165, 1.54) is 18.2 Å². The minimum atomic E-state index is -1.22. The van der Waals surface area contributed by atoms with Crippen molar-refractivity contribution in [2.45, 2.75) is 18.4 Å². The normalized spacial score (nSPS) is 12.9. The van der Waals surface area contributed by atoms with Gasteiger partial charge in [0.05, 0.1) is 12.5 Å². The highest BCUT2D eigenvalue weighted by molar-refractivity contribution is 5.93. The molecule has 1 heterocycles. The lowest BCUT2D eigenvalue weighted by Crippen LogP contribution is -2.33. The molecule has 9 nitrogen and oxygen atoms in total. The quantitative estimate of drug-likeness (QED) is 0.405. The van der Waals surface area contributed by atoms with Crippen molar-refractivity contribution in [2.24, 2.45) is 0 Å². The summed E-state index contributed by atoms with van der Waals surface area (Å²) >= 11 is 0. The number of pyridine rings is 1. The first-order valence-corrected chi connectivity index (χ1v) is 10.7. The van der Waals surface area contributed by atoms with Crippen molar-refractivity contribution in [1.29, 1.82) is 0 Å². The lowest BCUT2D eigenvalue weighted by atomic mass is 9.98. The maximum absolute atomic E-state index is 12.4. The van der Waals surface area contributed by atoms with E-state index in [9.17, 15) is 19.5 Å². The highest BCUT2D eigenvalue weighted by Gasteiger charge is 2.29. The van der Waals surface area contributed by atoms with Gasteiger partial charge in [-0.25, -0.2) is 9.78 Å². The largest absolute Gasteiger partial charge is 0.481 e. The Morgan fingerprint density at radius 1 is 0.941 bits per heavy atom. The Morgan fingerprint density at radius 2 is 1.59 bits per heavy atom. The number of rotatable bonds is 8. The molecule has 0 radical (unpaired) electrons. The average Bonchev–Trinajstić information content (AvgIpc) is 3.15. The number of fused-ring (bicyclic) bond motifs is 3. The van der Waals surface area contributed by atoms with Gasteiger partial charge >= 0.3 is 12.1 Å². The van der Waals surface area contributed by atoms with Crippen LogP contribution in [0.4, 0.5) is 10.6 Å². The summed E-state index contributed by atoms with van der Waals surface area (Å²) in [7, 11) is 0. The number of carboxylic acids is 1. The first kappa shape index (κ1) is 22.9. The van der Waals surface area contributed by atoms with Gasteiger partial charge in [-0.3, -0.25) is 14.9 Å². The summed E-state index contributed by atoms with van der Waals surface area (Å²) in [4.78, 5) is 39.3. The van der Waals surface area contributed by atoms with E-state index >= 15 is 0 Å². The second-order valence-electron chi connectivity index (χ2n) is 7.82. The molecule has 0 saturated heterocycles. The van der Waals surface area contributed by atoms with Crippen molar-refractivity contribution in [1.82, 2.24) is 10.3 Å². The van der Waals surface area contributed by atoms with Crippen molar-refractivity contribution < 1.29 is 29.3 Å². The second kappa shape index (κ2) is 10.1. The molecule has 4 N–H and O–H groups in total. The van der Waals surface area contributed by atoms with Crippen molar-refractivity contribution in [3.05, 3.63) is 83.6 Å². The Hall–Kier alpha value is -4.24. The van der Waals surface area contributed by atoms with E-state index in [2.05, 4.69) is 27.8 Å². The van der Waals surface area contributed by atoms with Crippen molar-refractivity contribution in [3.63, 3.8) is 0 Å². The van der Waals surface area contributed by atoms with E-state index in [-0.39, 0.29) is 30.6 Å². The molecule has 0 fully saturated rings. The Kier molecular flexibility index (Phi) is 6.84. The molecule has 1 atom stereocenters.